The van der Waals surface area contributed by atoms with Gasteiger partial charge in [-0.1, -0.05) is 34.1 Å². The van der Waals surface area contributed by atoms with E-state index in [4.69, 9.17) is 5.73 Å². The van der Waals surface area contributed by atoms with Crippen molar-refractivity contribution in [2.45, 2.75) is 6.92 Å². The van der Waals surface area contributed by atoms with Gasteiger partial charge in [0.2, 0.25) is 0 Å². The lowest BCUT2D eigenvalue weighted by Crippen LogP contribution is -2.03. The highest BCUT2D eigenvalue weighted by Crippen LogP contribution is 2.35. The van der Waals surface area contributed by atoms with Crippen molar-refractivity contribution in [1.82, 2.24) is 9.97 Å². The van der Waals surface area contributed by atoms with Crippen molar-refractivity contribution in [2.24, 2.45) is 0 Å². The Hall–Kier alpha value is -2.71. The summed E-state index contributed by atoms with van der Waals surface area (Å²) >= 11 is 3.43. The van der Waals surface area contributed by atoms with E-state index in [1.807, 2.05) is 43.3 Å². The van der Waals surface area contributed by atoms with Crippen LogP contribution in [0.2, 0.25) is 0 Å². The second kappa shape index (κ2) is 6.19. The molecule has 2 heterocycles. The van der Waals surface area contributed by atoms with Crippen LogP contribution in [0.5, 0.6) is 0 Å². The average Bonchev–Trinajstić information content (AvgIpc) is 2.58. The average molecular weight is 365 g/mol. The van der Waals surface area contributed by atoms with E-state index in [9.17, 15) is 5.26 Å². The minimum atomic E-state index is 0.231. The van der Waals surface area contributed by atoms with Gasteiger partial charge in [0.1, 0.15) is 17.5 Å². The molecule has 0 saturated heterocycles. The molecule has 1 aromatic carbocycles. The Morgan fingerprint density at radius 3 is 2.48 bits per heavy atom. The van der Waals surface area contributed by atoms with Gasteiger partial charge in [-0.3, -0.25) is 4.98 Å². The number of nitrogen functional groups attached to an aromatic ring is 1. The second-order valence-corrected chi connectivity index (χ2v) is 6.00. The maximum atomic E-state index is 9.49. The quantitative estimate of drug-likeness (QED) is 0.733. The Morgan fingerprint density at radius 1 is 1.13 bits per heavy atom. The van der Waals surface area contributed by atoms with Crippen molar-refractivity contribution in [1.29, 1.82) is 5.26 Å². The number of nitrogens with two attached hydrogens (primary N) is 1. The third kappa shape index (κ3) is 2.81. The largest absolute Gasteiger partial charge is 0.383 e. The zero-order chi connectivity index (χ0) is 16.4. The molecule has 0 aliphatic rings. The molecule has 0 fully saturated rings. The number of halogens is 1. The van der Waals surface area contributed by atoms with Crippen LogP contribution in [0.4, 0.5) is 5.82 Å². The summed E-state index contributed by atoms with van der Waals surface area (Å²) < 4.78 is 0.994. The standard InChI is InChI=1S/C18H13BrN4/c1-11-16(13-3-2-8-22-10-13)15(9-20)18(21)23-17(11)12-4-6-14(19)7-5-12/h2-8,10H,1H3,(H2,21,23). The van der Waals surface area contributed by atoms with Crippen LogP contribution in [0, 0.1) is 18.3 Å². The van der Waals surface area contributed by atoms with Gasteiger partial charge in [0.15, 0.2) is 0 Å². The van der Waals surface area contributed by atoms with E-state index in [1.165, 1.54) is 0 Å². The first-order valence-electron chi connectivity index (χ1n) is 6.98. The molecule has 0 radical (unpaired) electrons. The van der Waals surface area contributed by atoms with E-state index in [2.05, 4.69) is 32.0 Å². The number of pyridine rings is 2. The highest BCUT2D eigenvalue weighted by atomic mass is 79.9. The lowest BCUT2D eigenvalue weighted by molar-refractivity contribution is 1.25. The van der Waals surface area contributed by atoms with Gasteiger partial charge in [-0.15, -0.1) is 0 Å². The number of hydrogen-bond acceptors (Lipinski definition) is 4. The molecule has 3 rings (SSSR count). The number of hydrogen-bond donors (Lipinski definition) is 1. The number of aromatic nitrogens is 2. The van der Waals surface area contributed by atoms with Gasteiger partial charge in [-0.25, -0.2) is 4.98 Å². The zero-order valence-electron chi connectivity index (χ0n) is 12.4. The number of nitrogens with zero attached hydrogens (tertiary/aromatic N) is 3. The summed E-state index contributed by atoms with van der Waals surface area (Å²) in [4.78, 5) is 8.59. The summed E-state index contributed by atoms with van der Waals surface area (Å²) in [7, 11) is 0. The minimum absolute atomic E-state index is 0.231. The first-order chi connectivity index (χ1) is 11.1. The van der Waals surface area contributed by atoms with Gasteiger partial charge in [0, 0.05) is 33.6 Å². The fourth-order valence-corrected chi connectivity index (χ4v) is 2.83. The van der Waals surface area contributed by atoms with Crippen molar-refractivity contribution in [3.8, 4) is 28.5 Å². The van der Waals surface area contributed by atoms with Gasteiger partial charge >= 0.3 is 0 Å². The molecule has 3 aromatic rings. The van der Waals surface area contributed by atoms with Crippen molar-refractivity contribution < 1.29 is 0 Å². The van der Waals surface area contributed by atoms with Crippen LogP contribution in [0.3, 0.4) is 0 Å². The smallest absolute Gasteiger partial charge is 0.142 e. The van der Waals surface area contributed by atoms with E-state index in [0.29, 0.717) is 5.56 Å². The Balaban J connectivity index is 2.31. The van der Waals surface area contributed by atoms with Crippen LogP contribution < -0.4 is 5.73 Å². The summed E-state index contributed by atoms with van der Waals surface area (Å²) in [6, 6.07) is 13.8. The molecule has 2 aromatic heterocycles. The summed E-state index contributed by atoms with van der Waals surface area (Å²) in [5.74, 6) is 0.231. The third-order valence-corrected chi connectivity index (χ3v) is 4.18. The maximum absolute atomic E-state index is 9.49. The van der Waals surface area contributed by atoms with E-state index in [1.54, 1.807) is 12.4 Å². The van der Waals surface area contributed by atoms with Crippen LogP contribution in [-0.4, -0.2) is 9.97 Å². The molecule has 0 unspecified atom stereocenters. The Kier molecular flexibility index (Phi) is 4.09. The Bertz CT molecular complexity index is 897. The number of benzene rings is 1. The lowest BCUT2D eigenvalue weighted by Gasteiger charge is -2.14. The fraction of sp³-hybridized carbons (Fsp3) is 0.0556. The molecule has 4 nitrogen and oxygen atoms in total. The SMILES string of the molecule is Cc1c(-c2ccc(Br)cc2)nc(N)c(C#N)c1-c1cccnc1. The molecule has 0 aliphatic carbocycles. The Morgan fingerprint density at radius 2 is 1.87 bits per heavy atom. The van der Waals surface area contributed by atoms with E-state index >= 15 is 0 Å². The highest BCUT2D eigenvalue weighted by Gasteiger charge is 2.18. The first kappa shape index (κ1) is 15.2. The molecule has 0 aliphatic heterocycles. The van der Waals surface area contributed by atoms with Crippen LogP contribution in [0.1, 0.15) is 11.1 Å². The van der Waals surface area contributed by atoms with Gasteiger partial charge in [0.05, 0.1) is 5.69 Å². The fourth-order valence-electron chi connectivity index (χ4n) is 2.57. The molecule has 0 saturated carbocycles. The number of rotatable bonds is 2. The molecule has 2 N–H and O–H groups in total. The van der Waals surface area contributed by atoms with Crippen LogP contribution in [-0.2, 0) is 0 Å². The predicted molar refractivity (Wildman–Crippen MR) is 94.5 cm³/mol. The molecule has 0 bridgehead atoms. The molecule has 5 heteroatoms. The van der Waals surface area contributed by atoms with Crippen LogP contribution in [0.25, 0.3) is 22.4 Å². The lowest BCUT2D eigenvalue weighted by atomic mass is 9.94. The first-order valence-corrected chi connectivity index (χ1v) is 7.77. The summed E-state index contributed by atoms with van der Waals surface area (Å²) in [5, 5.41) is 9.49. The normalized spacial score (nSPS) is 10.3. The third-order valence-electron chi connectivity index (χ3n) is 3.65. The summed E-state index contributed by atoms with van der Waals surface area (Å²) in [5.41, 5.74) is 10.7. The topological polar surface area (TPSA) is 75.6 Å². The van der Waals surface area contributed by atoms with Gasteiger partial charge < -0.3 is 5.73 Å². The zero-order valence-corrected chi connectivity index (χ0v) is 14.0. The molecule has 0 atom stereocenters. The maximum Gasteiger partial charge on any atom is 0.142 e. The summed E-state index contributed by atoms with van der Waals surface area (Å²) in [6.07, 6.45) is 3.43. The van der Waals surface area contributed by atoms with E-state index in [-0.39, 0.29) is 5.82 Å². The monoisotopic (exact) mass is 364 g/mol. The van der Waals surface area contributed by atoms with Gasteiger partial charge in [0.25, 0.3) is 0 Å². The van der Waals surface area contributed by atoms with E-state index < -0.39 is 0 Å². The van der Waals surface area contributed by atoms with Crippen LogP contribution in [0.15, 0.2) is 53.3 Å². The van der Waals surface area contributed by atoms with E-state index in [0.717, 1.165) is 32.4 Å². The van der Waals surface area contributed by atoms with Crippen molar-refractivity contribution in [3.05, 3.63) is 64.4 Å². The van der Waals surface area contributed by atoms with Gasteiger partial charge in [-0.2, -0.15) is 5.26 Å². The van der Waals surface area contributed by atoms with Crippen molar-refractivity contribution in [3.63, 3.8) is 0 Å². The van der Waals surface area contributed by atoms with Crippen molar-refractivity contribution >= 4 is 21.7 Å². The predicted octanol–water partition coefficient (Wildman–Crippen LogP) is 4.34. The molecule has 0 amide bonds. The minimum Gasteiger partial charge on any atom is -0.383 e. The summed E-state index contributed by atoms with van der Waals surface area (Å²) in [6.45, 7) is 1.95. The number of nitriles is 1. The molecular formula is C18H13BrN4. The Labute approximate surface area is 142 Å². The van der Waals surface area contributed by atoms with Crippen LogP contribution >= 0.6 is 15.9 Å². The molecule has 23 heavy (non-hydrogen) atoms. The van der Waals surface area contributed by atoms with Crippen molar-refractivity contribution in [2.75, 3.05) is 5.73 Å². The molecule has 0 spiro atoms. The molecule has 112 valence electrons. The highest BCUT2D eigenvalue weighted by molar-refractivity contribution is 9.10. The van der Waals surface area contributed by atoms with Gasteiger partial charge in [-0.05, 0) is 30.7 Å². The molecular weight excluding hydrogens is 352 g/mol. The second-order valence-electron chi connectivity index (χ2n) is 5.08. The number of anilines is 1.